The molecule has 2 aliphatic rings. The van der Waals surface area contributed by atoms with E-state index in [1.54, 1.807) is 24.1 Å². The van der Waals surface area contributed by atoms with E-state index in [-0.39, 0.29) is 17.3 Å². The van der Waals surface area contributed by atoms with Crippen molar-refractivity contribution in [3.8, 4) is 0 Å². The molecule has 9 nitrogen and oxygen atoms in total. The maximum Gasteiger partial charge on any atom is 0.365 e. The van der Waals surface area contributed by atoms with Gasteiger partial charge in [-0.3, -0.25) is 10.1 Å². The van der Waals surface area contributed by atoms with Gasteiger partial charge in [-0.15, -0.1) is 0 Å². The van der Waals surface area contributed by atoms with E-state index < -0.39 is 15.9 Å². The zero-order chi connectivity index (χ0) is 28.6. The Morgan fingerprint density at radius 1 is 0.902 bits per heavy atom. The van der Waals surface area contributed by atoms with Crippen molar-refractivity contribution < 1.29 is 14.5 Å². The van der Waals surface area contributed by atoms with E-state index in [1.165, 1.54) is 23.9 Å². The van der Waals surface area contributed by atoms with Crippen LogP contribution in [0.3, 0.4) is 0 Å². The molecule has 0 fully saturated rings. The zero-order valence-electron chi connectivity index (χ0n) is 21.7. The fraction of sp³-hybridized carbons (Fsp3) is 0.100. The first-order chi connectivity index (χ1) is 19.9. The van der Waals surface area contributed by atoms with Crippen LogP contribution in [0.5, 0.6) is 0 Å². The highest BCUT2D eigenvalue weighted by molar-refractivity contribution is 8.16. The topological polar surface area (TPSA) is 101 Å². The Hall–Kier alpha value is -4.67. The zero-order valence-corrected chi connectivity index (χ0v) is 23.2. The number of para-hydroxylation sites is 1. The number of carbonyl (C=O) groups is 1. The van der Waals surface area contributed by atoms with Crippen LogP contribution in [0, 0.1) is 10.1 Å². The van der Waals surface area contributed by atoms with Crippen LogP contribution in [-0.4, -0.2) is 28.3 Å². The lowest BCUT2D eigenvalue weighted by Crippen LogP contribution is -2.54. The second-order valence-electron chi connectivity index (χ2n) is 9.07. The molecule has 0 amide bonds. The summed E-state index contributed by atoms with van der Waals surface area (Å²) in [5, 5.41) is 25.6. The minimum Gasteiger partial charge on any atom is -0.461 e. The Labute approximate surface area is 244 Å². The SMILES string of the molecule is CCOC(=O)C1=NN(c2ccc([N+](=O)[O-])cc2)[C@@]2(S1)c1ccccc1C(c1ccc(Cl)cc1)=NN2c1ccccc1. The van der Waals surface area contributed by atoms with Crippen molar-refractivity contribution in [2.45, 2.75) is 11.9 Å². The van der Waals surface area contributed by atoms with Gasteiger partial charge >= 0.3 is 5.97 Å². The highest BCUT2D eigenvalue weighted by Gasteiger charge is 2.56. The van der Waals surface area contributed by atoms with Gasteiger partial charge in [0.2, 0.25) is 10.0 Å². The van der Waals surface area contributed by atoms with E-state index >= 15 is 0 Å². The summed E-state index contributed by atoms with van der Waals surface area (Å²) in [6.07, 6.45) is 0. The van der Waals surface area contributed by atoms with Gasteiger partial charge in [-0.05, 0) is 55.1 Å². The van der Waals surface area contributed by atoms with Crippen molar-refractivity contribution in [3.05, 3.63) is 135 Å². The van der Waals surface area contributed by atoms with Crippen LogP contribution in [0.25, 0.3) is 0 Å². The number of fused-ring (bicyclic) bond motifs is 2. The molecule has 0 aromatic heterocycles. The number of thioether (sulfide) groups is 1. The van der Waals surface area contributed by atoms with Crippen molar-refractivity contribution in [2.75, 3.05) is 16.6 Å². The number of rotatable bonds is 6. The highest BCUT2D eigenvalue weighted by Crippen LogP contribution is 2.55. The van der Waals surface area contributed by atoms with Crippen LogP contribution in [-0.2, 0) is 14.5 Å². The lowest BCUT2D eigenvalue weighted by atomic mass is 9.93. The first kappa shape index (κ1) is 26.5. The van der Waals surface area contributed by atoms with Gasteiger partial charge < -0.3 is 4.74 Å². The summed E-state index contributed by atoms with van der Waals surface area (Å²) in [7, 11) is 0. The molecule has 1 atom stereocenters. The summed E-state index contributed by atoms with van der Waals surface area (Å²) in [5.41, 5.74) is 4.43. The molecule has 0 saturated heterocycles. The third-order valence-corrected chi connectivity index (χ3v) is 8.15. The first-order valence-electron chi connectivity index (χ1n) is 12.7. The van der Waals surface area contributed by atoms with Crippen molar-refractivity contribution >= 4 is 57.1 Å². The molecule has 41 heavy (non-hydrogen) atoms. The number of hydrogen-bond acceptors (Lipinski definition) is 9. The van der Waals surface area contributed by atoms with E-state index in [0.717, 1.165) is 22.4 Å². The van der Waals surface area contributed by atoms with Gasteiger partial charge in [-0.25, -0.2) is 14.8 Å². The lowest BCUT2D eigenvalue weighted by molar-refractivity contribution is -0.384. The van der Waals surface area contributed by atoms with Gasteiger partial charge in [0.1, 0.15) is 0 Å². The Morgan fingerprint density at radius 2 is 1.54 bits per heavy atom. The molecule has 0 saturated carbocycles. The second kappa shape index (κ2) is 10.7. The third kappa shape index (κ3) is 4.60. The number of carbonyl (C=O) groups excluding carboxylic acids is 1. The Morgan fingerprint density at radius 3 is 2.22 bits per heavy atom. The number of nitro groups is 1. The van der Waals surface area contributed by atoms with Crippen LogP contribution in [0.15, 0.2) is 113 Å². The number of anilines is 2. The summed E-state index contributed by atoms with van der Waals surface area (Å²) < 4.78 is 5.35. The summed E-state index contributed by atoms with van der Waals surface area (Å²) in [4.78, 5) is 22.8. The molecule has 2 heterocycles. The third-order valence-electron chi connectivity index (χ3n) is 6.61. The second-order valence-corrected chi connectivity index (χ2v) is 10.7. The van der Waals surface area contributed by atoms with Crippen LogP contribution in [0.2, 0.25) is 5.02 Å². The molecule has 2 aliphatic heterocycles. The summed E-state index contributed by atoms with van der Waals surface area (Å²) in [6.45, 7) is 1.91. The number of esters is 1. The smallest absolute Gasteiger partial charge is 0.365 e. The molecule has 0 radical (unpaired) electrons. The monoisotopic (exact) mass is 583 g/mol. The highest BCUT2D eigenvalue weighted by atomic mass is 35.5. The molecule has 0 bridgehead atoms. The molecular weight excluding hydrogens is 562 g/mol. The molecule has 0 unspecified atom stereocenters. The van der Waals surface area contributed by atoms with Gasteiger partial charge in [0, 0.05) is 33.8 Å². The molecule has 1 spiro atoms. The van der Waals surface area contributed by atoms with E-state index in [2.05, 4.69) is 0 Å². The van der Waals surface area contributed by atoms with Crippen LogP contribution in [0.1, 0.15) is 23.6 Å². The number of benzene rings is 4. The van der Waals surface area contributed by atoms with Crippen molar-refractivity contribution in [1.29, 1.82) is 0 Å². The molecular formula is C30H22ClN5O4S. The van der Waals surface area contributed by atoms with Crippen LogP contribution >= 0.6 is 23.4 Å². The molecule has 6 rings (SSSR count). The Bertz CT molecular complexity index is 1700. The van der Waals surface area contributed by atoms with Crippen molar-refractivity contribution in [2.24, 2.45) is 10.2 Å². The fourth-order valence-corrected chi connectivity index (χ4v) is 6.23. The Balaban J connectivity index is 1.62. The lowest BCUT2D eigenvalue weighted by Gasteiger charge is -2.47. The number of nitro benzene ring substituents is 1. The number of non-ortho nitro benzene ring substituents is 1. The van der Waals surface area contributed by atoms with Crippen LogP contribution in [0.4, 0.5) is 17.1 Å². The van der Waals surface area contributed by atoms with Gasteiger partial charge in [-0.2, -0.15) is 10.2 Å². The predicted molar refractivity (Wildman–Crippen MR) is 161 cm³/mol. The fourth-order valence-electron chi connectivity index (χ4n) is 4.81. The van der Waals surface area contributed by atoms with E-state index in [4.69, 9.17) is 26.5 Å². The molecule has 204 valence electrons. The van der Waals surface area contributed by atoms with Crippen molar-refractivity contribution in [3.63, 3.8) is 0 Å². The number of ether oxygens (including phenoxy) is 1. The number of hydrazone groups is 2. The van der Waals surface area contributed by atoms with E-state index in [0.29, 0.717) is 16.4 Å². The minimum atomic E-state index is -1.22. The summed E-state index contributed by atoms with van der Waals surface area (Å²) >= 11 is 7.41. The first-order valence-corrected chi connectivity index (χ1v) is 13.9. The Kier molecular flexibility index (Phi) is 6.94. The number of hydrogen-bond donors (Lipinski definition) is 0. The van der Waals surface area contributed by atoms with Crippen LogP contribution < -0.4 is 10.0 Å². The number of halogens is 1. The van der Waals surface area contributed by atoms with Gasteiger partial charge in [-0.1, -0.05) is 66.2 Å². The molecule has 4 aromatic carbocycles. The van der Waals surface area contributed by atoms with Gasteiger partial charge in [0.05, 0.1) is 28.6 Å². The van der Waals surface area contributed by atoms with E-state index in [9.17, 15) is 14.9 Å². The molecule has 11 heteroatoms. The van der Waals surface area contributed by atoms with E-state index in [1.807, 2.05) is 83.9 Å². The molecule has 4 aromatic rings. The standard InChI is InChI=1S/C30H22ClN5O4S/c1-2-40-29(37)28-33-35(23-16-18-24(19-17-23)36(38)39)30(41-28)26-11-7-6-10-25(26)27(20-12-14-21(31)15-13-20)32-34(30)22-8-4-3-5-9-22/h3-19H,2H2,1H3/t30-/m1/s1. The largest absolute Gasteiger partial charge is 0.461 e. The normalized spacial score (nSPS) is 17.6. The summed E-state index contributed by atoms with van der Waals surface area (Å²) in [6, 6.07) is 30.9. The summed E-state index contributed by atoms with van der Waals surface area (Å²) in [5.74, 6) is -0.570. The molecule has 0 N–H and O–H groups in total. The average Bonchev–Trinajstić information content (AvgIpc) is 3.40. The molecule has 0 aliphatic carbocycles. The minimum absolute atomic E-state index is 0.0590. The maximum atomic E-state index is 13.1. The predicted octanol–water partition coefficient (Wildman–Crippen LogP) is 6.76. The average molecular weight is 584 g/mol. The van der Waals surface area contributed by atoms with Crippen molar-refractivity contribution in [1.82, 2.24) is 0 Å². The quantitative estimate of drug-likeness (QED) is 0.140. The maximum absolute atomic E-state index is 13.1. The van der Waals surface area contributed by atoms with Gasteiger partial charge in [0.25, 0.3) is 5.69 Å². The number of nitrogens with zero attached hydrogens (tertiary/aromatic N) is 5. The van der Waals surface area contributed by atoms with Gasteiger partial charge in [0.15, 0.2) is 0 Å².